The number of hydrogen-bond acceptors (Lipinski definition) is 7. The largest absolute Gasteiger partial charge is 0.460 e. The van der Waals surface area contributed by atoms with E-state index in [1.54, 1.807) is 41.5 Å². The molecule has 0 bridgehead atoms. The van der Waals surface area contributed by atoms with Gasteiger partial charge in [-0.3, -0.25) is 14.9 Å². The molecule has 1 amide bonds. The molecule has 0 radical (unpaired) electrons. The molecule has 31 heavy (non-hydrogen) atoms. The van der Waals surface area contributed by atoms with Gasteiger partial charge in [0.05, 0.1) is 5.56 Å². The second kappa shape index (κ2) is 9.97. The van der Waals surface area contributed by atoms with Gasteiger partial charge >= 0.3 is 18.2 Å². The van der Waals surface area contributed by atoms with Gasteiger partial charge in [0.2, 0.25) is 0 Å². The number of esters is 1. The molecular weight excluding hydrogens is 419 g/mol. The number of aromatic nitrogens is 1. The second-order valence-electron chi connectivity index (χ2n) is 8.66. The van der Waals surface area contributed by atoms with Crippen molar-refractivity contribution in [2.75, 3.05) is 17.2 Å². The number of rotatable bonds is 7. The average molecular weight is 447 g/mol. The summed E-state index contributed by atoms with van der Waals surface area (Å²) in [6.45, 7) is 10.2. The number of halogens is 3. The van der Waals surface area contributed by atoms with Crippen LogP contribution in [0.25, 0.3) is 0 Å². The Balaban J connectivity index is 2.90. The van der Waals surface area contributed by atoms with E-state index in [9.17, 15) is 27.6 Å². The van der Waals surface area contributed by atoms with Crippen LogP contribution in [-0.2, 0) is 14.3 Å². The van der Waals surface area contributed by atoms with E-state index in [0.717, 1.165) is 6.07 Å². The van der Waals surface area contributed by atoms with Crippen LogP contribution in [0.2, 0.25) is 0 Å². The van der Waals surface area contributed by atoms with Gasteiger partial charge in [-0.2, -0.15) is 13.2 Å². The molecule has 0 aliphatic carbocycles. The Kier molecular flexibility index (Phi) is 8.42. The number of amides is 1. The van der Waals surface area contributed by atoms with E-state index in [0.29, 0.717) is 6.42 Å². The number of pyridine rings is 1. The number of alkyl halides is 3. The molecule has 1 heterocycles. The van der Waals surface area contributed by atoms with E-state index < -0.39 is 40.6 Å². The molecule has 2 N–H and O–H groups in total. The zero-order valence-electron chi connectivity index (χ0n) is 18.4. The maximum absolute atomic E-state index is 12.9. The Morgan fingerprint density at radius 3 is 2.06 bits per heavy atom. The quantitative estimate of drug-likeness (QED) is 0.354. The third kappa shape index (κ3) is 10.1. The van der Waals surface area contributed by atoms with Crippen LogP contribution in [0.1, 0.15) is 64.7 Å². The first-order chi connectivity index (χ1) is 14.0. The lowest BCUT2D eigenvalue weighted by atomic mass is 10.1. The average Bonchev–Trinajstić information content (AvgIpc) is 2.54. The third-order valence-electron chi connectivity index (χ3n) is 3.30. The van der Waals surface area contributed by atoms with Gasteiger partial charge in [-0.1, -0.05) is 0 Å². The van der Waals surface area contributed by atoms with Gasteiger partial charge in [0.15, 0.2) is 0 Å². The van der Waals surface area contributed by atoms with Crippen molar-refractivity contribution in [3.8, 4) is 0 Å². The molecule has 0 fully saturated rings. The number of carbonyl (C=O) groups excluding carboxylic acids is 3. The predicted molar refractivity (Wildman–Crippen MR) is 108 cm³/mol. The fourth-order valence-electron chi connectivity index (χ4n) is 2.23. The summed E-state index contributed by atoms with van der Waals surface area (Å²) in [5.74, 6) is -3.02. The van der Waals surface area contributed by atoms with Crippen molar-refractivity contribution in [3.05, 3.63) is 17.7 Å². The Morgan fingerprint density at radius 2 is 1.55 bits per heavy atom. The first-order valence-corrected chi connectivity index (χ1v) is 9.56. The first-order valence-electron chi connectivity index (χ1n) is 9.56. The van der Waals surface area contributed by atoms with Crippen molar-refractivity contribution in [2.24, 2.45) is 0 Å². The molecule has 0 unspecified atom stereocenters. The highest BCUT2D eigenvalue weighted by molar-refractivity contribution is 6.06. The van der Waals surface area contributed by atoms with E-state index in [4.69, 9.17) is 9.47 Å². The van der Waals surface area contributed by atoms with Gasteiger partial charge in [0, 0.05) is 13.0 Å². The summed E-state index contributed by atoms with van der Waals surface area (Å²) < 4.78 is 48.8. The molecule has 0 aliphatic rings. The second-order valence-corrected chi connectivity index (χ2v) is 8.66. The minimum Gasteiger partial charge on any atom is -0.460 e. The van der Waals surface area contributed by atoms with Crippen LogP contribution in [0.4, 0.5) is 29.6 Å². The number of carbonyl (C=O) groups is 3. The summed E-state index contributed by atoms with van der Waals surface area (Å²) in [6, 6.07) is 2.08. The molecule has 0 aliphatic heterocycles. The summed E-state index contributed by atoms with van der Waals surface area (Å²) in [4.78, 5) is 39.3. The predicted octanol–water partition coefficient (Wildman–Crippen LogP) is 4.71. The molecule has 174 valence electrons. The number of anilines is 2. The van der Waals surface area contributed by atoms with Crippen molar-refractivity contribution in [3.63, 3.8) is 0 Å². The fourth-order valence-corrected chi connectivity index (χ4v) is 2.23. The molecular formula is C20H28F3N3O5. The highest BCUT2D eigenvalue weighted by Gasteiger charge is 2.41. The molecule has 8 nitrogen and oxygen atoms in total. The molecule has 0 aromatic carbocycles. The Bertz CT molecular complexity index is 812. The van der Waals surface area contributed by atoms with Crippen molar-refractivity contribution in [1.29, 1.82) is 0 Å². The molecule has 0 saturated heterocycles. The normalized spacial score (nSPS) is 12.2. The van der Waals surface area contributed by atoms with Crippen LogP contribution in [0, 0.1) is 0 Å². The zero-order chi connectivity index (χ0) is 24.0. The molecule has 1 aromatic heterocycles. The summed E-state index contributed by atoms with van der Waals surface area (Å²) in [5, 5.41) is 4.91. The van der Waals surface area contributed by atoms with E-state index >= 15 is 0 Å². The third-order valence-corrected chi connectivity index (χ3v) is 3.30. The number of ether oxygens (including phenoxy) is 2. The topological polar surface area (TPSA) is 107 Å². The van der Waals surface area contributed by atoms with E-state index in [-0.39, 0.29) is 24.8 Å². The summed E-state index contributed by atoms with van der Waals surface area (Å²) in [7, 11) is 0. The van der Waals surface area contributed by atoms with E-state index in [2.05, 4.69) is 15.6 Å². The highest BCUT2D eigenvalue weighted by Crippen LogP contribution is 2.27. The SMILES string of the molecule is CC(C)(C)OC(=O)CCCNc1ccc(C(=O)C(F)(F)F)c(NC(=O)OC(C)(C)C)n1. The van der Waals surface area contributed by atoms with Crippen molar-refractivity contribution in [1.82, 2.24) is 4.98 Å². The van der Waals surface area contributed by atoms with Gasteiger partial charge in [-0.15, -0.1) is 0 Å². The van der Waals surface area contributed by atoms with Gasteiger partial charge in [-0.25, -0.2) is 9.78 Å². The number of hydrogen-bond donors (Lipinski definition) is 2. The van der Waals surface area contributed by atoms with Crippen LogP contribution in [0.5, 0.6) is 0 Å². The van der Waals surface area contributed by atoms with Crippen LogP contribution >= 0.6 is 0 Å². The van der Waals surface area contributed by atoms with Crippen LogP contribution in [0.15, 0.2) is 12.1 Å². The lowest BCUT2D eigenvalue weighted by Crippen LogP contribution is -2.29. The van der Waals surface area contributed by atoms with Crippen LogP contribution in [0.3, 0.4) is 0 Å². The molecule has 1 rings (SSSR count). The minimum atomic E-state index is -5.14. The Hall–Kier alpha value is -2.85. The summed E-state index contributed by atoms with van der Waals surface area (Å²) >= 11 is 0. The standard InChI is InChI=1S/C20H28F3N3O5/c1-18(2,3)30-14(27)8-7-11-24-13-10-9-12(15(28)20(21,22)23)16(25-13)26-17(29)31-19(4,5)6/h9-10H,7-8,11H2,1-6H3,(H2,24,25,26,29). The number of nitrogens with zero attached hydrogens (tertiary/aromatic N) is 1. The summed E-state index contributed by atoms with van der Waals surface area (Å²) in [6.07, 6.45) is -5.71. The number of ketones is 1. The molecule has 1 aromatic rings. The van der Waals surface area contributed by atoms with Crippen molar-refractivity contribution in [2.45, 2.75) is 71.8 Å². The van der Waals surface area contributed by atoms with Gasteiger partial charge in [-0.05, 0) is 60.1 Å². The Morgan fingerprint density at radius 1 is 0.968 bits per heavy atom. The lowest BCUT2D eigenvalue weighted by Gasteiger charge is -2.20. The fraction of sp³-hybridized carbons (Fsp3) is 0.600. The van der Waals surface area contributed by atoms with Gasteiger partial charge in [0.25, 0.3) is 5.78 Å². The highest BCUT2D eigenvalue weighted by atomic mass is 19.4. The summed E-state index contributed by atoms with van der Waals surface area (Å²) in [5.41, 5.74) is -2.33. The van der Waals surface area contributed by atoms with Crippen LogP contribution < -0.4 is 10.6 Å². The zero-order valence-corrected chi connectivity index (χ0v) is 18.4. The first kappa shape index (κ1) is 26.2. The van der Waals surface area contributed by atoms with Crippen molar-refractivity contribution < 1.29 is 37.0 Å². The smallest absolute Gasteiger partial charge is 0.455 e. The monoisotopic (exact) mass is 447 g/mol. The molecule has 0 spiro atoms. The van der Waals surface area contributed by atoms with Gasteiger partial charge < -0.3 is 14.8 Å². The maximum atomic E-state index is 12.9. The van der Waals surface area contributed by atoms with E-state index in [1.165, 1.54) is 6.07 Å². The minimum absolute atomic E-state index is 0.106. The molecule has 11 heteroatoms. The van der Waals surface area contributed by atoms with E-state index in [1.807, 2.05) is 0 Å². The van der Waals surface area contributed by atoms with Crippen LogP contribution in [-0.4, -0.2) is 46.8 Å². The van der Waals surface area contributed by atoms with Crippen molar-refractivity contribution >= 4 is 29.5 Å². The number of Topliss-reactive ketones (excluding diaryl/α,β-unsaturated/α-hetero) is 1. The maximum Gasteiger partial charge on any atom is 0.455 e. The van der Waals surface area contributed by atoms with Gasteiger partial charge in [0.1, 0.15) is 22.8 Å². The lowest BCUT2D eigenvalue weighted by molar-refractivity contribution is -0.154. The molecule has 0 atom stereocenters. The Labute approximate surface area is 178 Å². The molecule has 0 saturated carbocycles. The number of nitrogens with one attached hydrogen (secondary N) is 2.